The maximum absolute atomic E-state index is 12.1. The van der Waals surface area contributed by atoms with Gasteiger partial charge in [0.2, 0.25) is 0 Å². The first-order valence-electron chi connectivity index (χ1n) is 5.43. The van der Waals surface area contributed by atoms with Gasteiger partial charge in [0.1, 0.15) is 15.8 Å². The lowest BCUT2D eigenvalue weighted by molar-refractivity contribution is 0.471. The van der Waals surface area contributed by atoms with Crippen molar-refractivity contribution in [3.8, 4) is 5.75 Å². The van der Waals surface area contributed by atoms with Crippen molar-refractivity contribution >= 4 is 38.9 Å². The van der Waals surface area contributed by atoms with Crippen LogP contribution in [-0.4, -0.2) is 18.5 Å². The van der Waals surface area contributed by atoms with Gasteiger partial charge in [0.15, 0.2) is 0 Å². The average molecular weight is 333 g/mol. The summed E-state index contributed by atoms with van der Waals surface area (Å²) >= 11 is 11.4. The summed E-state index contributed by atoms with van der Waals surface area (Å²) in [5.41, 5.74) is 0.878. The lowest BCUT2D eigenvalue weighted by Gasteiger charge is -2.09. The van der Waals surface area contributed by atoms with Crippen molar-refractivity contribution in [1.82, 2.24) is 4.98 Å². The Bertz CT molecular complexity index is 763. The molecule has 0 amide bonds. The van der Waals surface area contributed by atoms with E-state index in [0.29, 0.717) is 5.56 Å². The number of anilines is 1. The Morgan fingerprint density at radius 1 is 1.25 bits per heavy atom. The van der Waals surface area contributed by atoms with Crippen LogP contribution in [0, 0.1) is 6.92 Å². The Hall–Kier alpha value is -1.50. The van der Waals surface area contributed by atoms with Gasteiger partial charge in [-0.15, -0.1) is 0 Å². The summed E-state index contributed by atoms with van der Waals surface area (Å²) in [6.45, 7) is 1.70. The number of halogens is 2. The molecule has 1 aromatic carbocycles. The molecule has 0 aliphatic heterocycles. The molecule has 0 fully saturated rings. The van der Waals surface area contributed by atoms with Crippen LogP contribution < -0.4 is 4.72 Å². The van der Waals surface area contributed by atoms with Crippen molar-refractivity contribution in [1.29, 1.82) is 0 Å². The van der Waals surface area contributed by atoms with Crippen LogP contribution in [0.25, 0.3) is 0 Å². The fourth-order valence-corrected chi connectivity index (χ4v) is 2.79. The maximum atomic E-state index is 12.1. The Morgan fingerprint density at radius 2 is 1.95 bits per heavy atom. The number of pyridine rings is 1. The number of hydrogen-bond acceptors (Lipinski definition) is 4. The second-order valence-electron chi connectivity index (χ2n) is 4.05. The zero-order chi connectivity index (χ0) is 14.9. The number of aromatic hydroxyl groups is 1. The minimum Gasteiger partial charge on any atom is -0.508 e. The standard InChI is InChI=1S/C12H10Cl2N2O3S/c1-7-2-3-8(4-11(7)17)16-20(18,19)9-5-10(13)12(14)15-6-9/h2-6,16-17H,1H3. The molecule has 1 heterocycles. The first-order valence-corrected chi connectivity index (χ1v) is 7.67. The normalized spacial score (nSPS) is 11.3. The van der Waals surface area contributed by atoms with Crippen LogP contribution in [0.2, 0.25) is 10.2 Å². The first kappa shape index (κ1) is 14.9. The molecule has 0 bridgehead atoms. The fraction of sp³-hybridized carbons (Fsp3) is 0.0833. The van der Waals surface area contributed by atoms with Gasteiger partial charge in [-0.2, -0.15) is 0 Å². The van der Waals surface area contributed by atoms with Crippen molar-refractivity contribution < 1.29 is 13.5 Å². The van der Waals surface area contributed by atoms with Crippen LogP contribution in [0.1, 0.15) is 5.56 Å². The van der Waals surface area contributed by atoms with Gasteiger partial charge in [-0.3, -0.25) is 4.72 Å². The van der Waals surface area contributed by atoms with E-state index in [2.05, 4.69) is 9.71 Å². The number of nitrogens with one attached hydrogen (secondary N) is 1. The second kappa shape index (κ2) is 5.47. The third kappa shape index (κ3) is 3.15. The molecular formula is C12H10Cl2N2O3S. The largest absolute Gasteiger partial charge is 0.508 e. The van der Waals surface area contributed by atoms with Crippen LogP contribution in [0.3, 0.4) is 0 Å². The zero-order valence-corrected chi connectivity index (χ0v) is 12.6. The molecule has 5 nitrogen and oxygen atoms in total. The van der Waals surface area contributed by atoms with E-state index in [1.807, 2.05) is 0 Å². The number of phenolic OH excluding ortho intramolecular Hbond substituents is 1. The summed E-state index contributed by atoms with van der Waals surface area (Å²) in [4.78, 5) is 3.56. The molecule has 0 unspecified atom stereocenters. The number of rotatable bonds is 3. The van der Waals surface area contributed by atoms with E-state index in [9.17, 15) is 13.5 Å². The third-order valence-electron chi connectivity index (χ3n) is 2.54. The van der Waals surface area contributed by atoms with Gasteiger partial charge in [-0.1, -0.05) is 29.3 Å². The Labute approximate surface area is 126 Å². The Balaban J connectivity index is 2.35. The van der Waals surface area contributed by atoms with Crippen molar-refractivity contribution in [2.75, 3.05) is 4.72 Å². The van der Waals surface area contributed by atoms with Crippen LogP contribution in [-0.2, 0) is 10.0 Å². The summed E-state index contributed by atoms with van der Waals surface area (Å²) in [7, 11) is -3.85. The van der Waals surface area contributed by atoms with Gasteiger partial charge in [-0.05, 0) is 24.6 Å². The van der Waals surface area contributed by atoms with Crippen LogP contribution in [0.4, 0.5) is 5.69 Å². The van der Waals surface area contributed by atoms with Gasteiger partial charge >= 0.3 is 0 Å². The predicted molar refractivity (Wildman–Crippen MR) is 77.9 cm³/mol. The van der Waals surface area contributed by atoms with Crippen molar-refractivity contribution in [3.63, 3.8) is 0 Å². The van der Waals surface area contributed by atoms with Gasteiger partial charge in [0.05, 0.1) is 10.7 Å². The Morgan fingerprint density at radius 3 is 2.55 bits per heavy atom. The number of benzene rings is 1. The first-order chi connectivity index (χ1) is 9.29. The topological polar surface area (TPSA) is 79.3 Å². The van der Waals surface area contributed by atoms with E-state index in [0.717, 1.165) is 6.20 Å². The molecule has 2 rings (SSSR count). The monoisotopic (exact) mass is 332 g/mol. The highest BCUT2D eigenvalue weighted by Gasteiger charge is 2.17. The molecular weight excluding hydrogens is 323 g/mol. The highest BCUT2D eigenvalue weighted by atomic mass is 35.5. The van der Waals surface area contributed by atoms with Gasteiger partial charge in [0, 0.05) is 12.3 Å². The van der Waals surface area contributed by atoms with Gasteiger partial charge in [0.25, 0.3) is 10.0 Å². The number of hydrogen-bond donors (Lipinski definition) is 2. The van der Waals surface area contributed by atoms with E-state index in [-0.39, 0.29) is 26.5 Å². The molecule has 0 aliphatic rings. The Kier molecular flexibility index (Phi) is 4.08. The number of aryl methyl sites for hydroxylation is 1. The number of nitrogens with zero attached hydrogens (tertiary/aromatic N) is 1. The molecule has 0 saturated carbocycles. The smallest absolute Gasteiger partial charge is 0.263 e. The fourth-order valence-electron chi connectivity index (χ4n) is 1.44. The highest BCUT2D eigenvalue weighted by Crippen LogP contribution is 2.25. The SMILES string of the molecule is Cc1ccc(NS(=O)(=O)c2cnc(Cl)c(Cl)c2)cc1O. The molecule has 20 heavy (non-hydrogen) atoms. The molecule has 106 valence electrons. The van der Waals surface area contributed by atoms with E-state index < -0.39 is 10.0 Å². The lowest BCUT2D eigenvalue weighted by atomic mass is 10.2. The summed E-state index contributed by atoms with van der Waals surface area (Å²) in [6.07, 6.45) is 1.10. The quantitative estimate of drug-likeness (QED) is 0.846. The average Bonchev–Trinajstić information content (AvgIpc) is 2.37. The van der Waals surface area contributed by atoms with Crippen LogP contribution >= 0.6 is 23.2 Å². The summed E-state index contributed by atoms with van der Waals surface area (Å²) < 4.78 is 26.6. The summed E-state index contributed by atoms with van der Waals surface area (Å²) in [5.74, 6) is -0.00235. The number of sulfonamides is 1. The minimum absolute atomic E-state index is 0.00235. The van der Waals surface area contributed by atoms with Crippen molar-refractivity contribution in [2.45, 2.75) is 11.8 Å². The molecule has 1 aromatic heterocycles. The van der Waals surface area contributed by atoms with Crippen LogP contribution in [0.5, 0.6) is 5.75 Å². The zero-order valence-electron chi connectivity index (χ0n) is 10.3. The molecule has 0 saturated heterocycles. The lowest BCUT2D eigenvalue weighted by Crippen LogP contribution is -2.13. The van der Waals surface area contributed by atoms with Crippen LogP contribution in [0.15, 0.2) is 35.4 Å². The highest BCUT2D eigenvalue weighted by molar-refractivity contribution is 7.92. The second-order valence-corrected chi connectivity index (χ2v) is 6.50. The molecule has 8 heteroatoms. The van der Waals surface area contributed by atoms with E-state index in [1.165, 1.54) is 18.2 Å². The van der Waals surface area contributed by atoms with E-state index in [1.54, 1.807) is 13.0 Å². The molecule has 0 spiro atoms. The summed E-state index contributed by atoms with van der Waals surface area (Å²) in [5, 5.41) is 9.63. The van der Waals surface area contributed by atoms with E-state index >= 15 is 0 Å². The summed E-state index contributed by atoms with van der Waals surface area (Å²) in [6, 6.07) is 5.66. The molecule has 2 aromatic rings. The predicted octanol–water partition coefficient (Wildman–Crippen LogP) is 3.20. The van der Waals surface area contributed by atoms with Crippen molar-refractivity contribution in [3.05, 3.63) is 46.2 Å². The molecule has 2 N–H and O–H groups in total. The molecule has 0 atom stereocenters. The minimum atomic E-state index is -3.85. The van der Waals surface area contributed by atoms with E-state index in [4.69, 9.17) is 23.2 Å². The van der Waals surface area contributed by atoms with Gasteiger partial charge in [-0.25, -0.2) is 13.4 Å². The van der Waals surface area contributed by atoms with Gasteiger partial charge < -0.3 is 5.11 Å². The van der Waals surface area contributed by atoms with Crippen molar-refractivity contribution in [2.24, 2.45) is 0 Å². The number of phenols is 1. The maximum Gasteiger partial charge on any atom is 0.263 e. The molecule has 0 aliphatic carbocycles. The molecule has 0 radical (unpaired) electrons. The third-order valence-corrected chi connectivity index (χ3v) is 4.58. The number of aromatic nitrogens is 1.